The van der Waals surface area contributed by atoms with Crippen LogP contribution in [0, 0.1) is 5.41 Å². The maximum absolute atomic E-state index is 12.3. The van der Waals surface area contributed by atoms with Crippen molar-refractivity contribution in [2.75, 3.05) is 0 Å². The summed E-state index contributed by atoms with van der Waals surface area (Å²) in [6.45, 7) is 9.88. The van der Waals surface area contributed by atoms with Crippen LogP contribution in [0.3, 0.4) is 0 Å². The first-order chi connectivity index (χ1) is 19.5. The molecule has 0 aromatic carbocycles. The number of ether oxygens (including phenoxy) is 1. The van der Waals surface area contributed by atoms with Gasteiger partial charge in [-0.2, -0.15) is 0 Å². The SMILES string of the molecule is CC(C)(C)OC(=O)C1(C[C@H](N)C(=O)O)C=CC=CC1.[2H]C(CCCCCCCCCC)CCCCCCCCCC. The summed E-state index contributed by atoms with van der Waals surface area (Å²) < 4.78 is 13.5. The Kier molecular flexibility index (Phi) is 21.9. The Labute approximate surface area is 249 Å². The molecule has 0 heterocycles. The van der Waals surface area contributed by atoms with Crippen LogP contribution in [-0.2, 0) is 14.3 Å². The standard InChI is InChI=1S/C21H44.C14H21NO4/c1-3-5-7-9-11-13-15-17-19-21-20-18-16-14-12-10-8-6-4-2;1-13(2,3)19-12(18)14(7-5-4-6-8-14)9-10(15)11(16)17/h3-21H2,1-2H3;4-7,10H,8-9,15H2,1-3H3,(H,16,17)/t;10-,14?/m.0/s1/i21D;. The monoisotopic (exact) mass is 564 g/mol. The predicted molar refractivity (Wildman–Crippen MR) is 170 cm³/mol. The fourth-order valence-electron chi connectivity index (χ4n) is 4.90. The summed E-state index contributed by atoms with van der Waals surface area (Å²) in [5.74, 6) is -1.55. The Hall–Kier alpha value is -1.62. The summed E-state index contributed by atoms with van der Waals surface area (Å²) in [4.78, 5) is 23.2. The van der Waals surface area contributed by atoms with Gasteiger partial charge in [-0.1, -0.05) is 160 Å². The first kappa shape index (κ1) is 36.4. The molecule has 0 spiro atoms. The van der Waals surface area contributed by atoms with Crippen LogP contribution in [0.15, 0.2) is 24.3 Å². The molecule has 1 aliphatic rings. The minimum Gasteiger partial charge on any atom is -0.480 e. The molecule has 5 nitrogen and oxygen atoms in total. The van der Waals surface area contributed by atoms with Gasteiger partial charge in [0.1, 0.15) is 11.6 Å². The molecular weight excluding hydrogens is 498 g/mol. The summed E-state index contributed by atoms with van der Waals surface area (Å²) in [6.07, 6.45) is 32.1. The highest BCUT2D eigenvalue weighted by Crippen LogP contribution is 2.35. The van der Waals surface area contributed by atoms with E-state index in [1.54, 1.807) is 32.9 Å². The molecule has 1 rings (SSSR count). The van der Waals surface area contributed by atoms with Gasteiger partial charge in [-0.3, -0.25) is 9.59 Å². The van der Waals surface area contributed by atoms with Gasteiger partial charge < -0.3 is 15.6 Å². The van der Waals surface area contributed by atoms with E-state index in [-0.39, 0.29) is 12.8 Å². The van der Waals surface area contributed by atoms with Gasteiger partial charge in [-0.25, -0.2) is 0 Å². The summed E-state index contributed by atoms with van der Waals surface area (Å²) in [7, 11) is 0. The fourth-order valence-corrected chi connectivity index (χ4v) is 4.90. The number of carboxylic acid groups (broad SMARTS) is 1. The molecule has 0 amide bonds. The van der Waals surface area contributed by atoms with Gasteiger partial charge in [-0.15, -0.1) is 0 Å². The number of unbranched alkanes of at least 4 members (excludes halogenated alkanes) is 14. The van der Waals surface area contributed by atoms with Crippen molar-refractivity contribution in [2.24, 2.45) is 11.1 Å². The molecule has 234 valence electrons. The van der Waals surface area contributed by atoms with Crippen molar-refractivity contribution in [3.63, 3.8) is 0 Å². The molecule has 0 saturated heterocycles. The topological polar surface area (TPSA) is 89.6 Å². The van der Waals surface area contributed by atoms with Crippen molar-refractivity contribution < 1.29 is 20.8 Å². The molecule has 0 fully saturated rings. The van der Waals surface area contributed by atoms with Crippen LogP contribution in [0.1, 0.15) is 171 Å². The van der Waals surface area contributed by atoms with E-state index in [4.69, 9.17) is 16.9 Å². The summed E-state index contributed by atoms with van der Waals surface area (Å²) in [5, 5.41) is 8.92. The number of hydrogen-bond donors (Lipinski definition) is 2. The molecule has 5 heteroatoms. The third-order valence-corrected chi connectivity index (χ3v) is 7.37. The van der Waals surface area contributed by atoms with E-state index < -0.39 is 29.0 Å². The van der Waals surface area contributed by atoms with Crippen LogP contribution in [0.2, 0.25) is 0 Å². The average Bonchev–Trinajstić information content (AvgIpc) is 2.91. The number of carbonyl (C=O) groups excluding carboxylic acids is 1. The highest BCUT2D eigenvalue weighted by Gasteiger charge is 2.41. The van der Waals surface area contributed by atoms with Gasteiger partial charge in [0.2, 0.25) is 0 Å². The highest BCUT2D eigenvalue weighted by molar-refractivity contribution is 5.82. The summed E-state index contributed by atoms with van der Waals surface area (Å²) in [5.41, 5.74) is 3.96. The number of hydrogen-bond acceptors (Lipinski definition) is 4. The van der Waals surface area contributed by atoms with Crippen LogP contribution in [0.25, 0.3) is 0 Å². The molecule has 1 aliphatic carbocycles. The van der Waals surface area contributed by atoms with Crippen molar-refractivity contribution in [1.82, 2.24) is 0 Å². The van der Waals surface area contributed by atoms with Crippen molar-refractivity contribution >= 4 is 11.9 Å². The molecule has 0 aliphatic heterocycles. The number of carbonyl (C=O) groups is 2. The Balaban J connectivity index is 0.000000788. The minimum atomic E-state index is -1.12. The van der Waals surface area contributed by atoms with Crippen molar-refractivity contribution in [3.8, 4) is 0 Å². The maximum Gasteiger partial charge on any atom is 0.320 e. The lowest BCUT2D eigenvalue weighted by molar-refractivity contribution is -0.165. The van der Waals surface area contributed by atoms with E-state index >= 15 is 0 Å². The third kappa shape index (κ3) is 21.2. The zero-order valence-corrected chi connectivity index (χ0v) is 26.9. The number of allylic oxidation sites excluding steroid dienone is 3. The van der Waals surface area contributed by atoms with E-state index in [2.05, 4.69) is 13.8 Å². The average molecular weight is 565 g/mol. The number of carboxylic acids is 1. The van der Waals surface area contributed by atoms with Crippen LogP contribution < -0.4 is 5.73 Å². The molecule has 2 atom stereocenters. The zero-order chi connectivity index (χ0) is 31.0. The second-order valence-electron chi connectivity index (χ2n) is 12.6. The van der Waals surface area contributed by atoms with Gasteiger partial charge in [0.15, 0.2) is 0 Å². The first-order valence-corrected chi connectivity index (χ1v) is 16.5. The quantitative estimate of drug-likeness (QED) is 0.101. The largest absolute Gasteiger partial charge is 0.480 e. The molecule has 0 aromatic rings. The third-order valence-electron chi connectivity index (χ3n) is 7.37. The predicted octanol–water partition coefficient (Wildman–Crippen LogP) is 10.1. The maximum atomic E-state index is 12.3. The lowest BCUT2D eigenvalue weighted by atomic mass is 9.76. The van der Waals surface area contributed by atoms with Gasteiger partial charge in [0, 0.05) is 1.37 Å². The van der Waals surface area contributed by atoms with Crippen molar-refractivity contribution in [2.45, 2.75) is 181 Å². The number of rotatable bonds is 22. The summed E-state index contributed by atoms with van der Waals surface area (Å²) in [6, 6.07) is -1.09. The highest BCUT2D eigenvalue weighted by atomic mass is 16.6. The Morgan fingerprint density at radius 2 is 1.25 bits per heavy atom. The Bertz CT molecular complexity index is 710. The minimum absolute atomic E-state index is 0.0259. The molecule has 0 radical (unpaired) electrons. The van der Waals surface area contributed by atoms with E-state index in [0.717, 1.165) is 12.8 Å². The first-order valence-electron chi connectivity index (χ1n) is 17.0. The second-order valence-corrected chi connectivity index (χ2v) is 12.6. The Morgan fingerprint density at radius 3 is 1.60 bits per heavy atom. The molecule has 40 heavy (non-hydrogen) atoms. The van der Waals surface area contributed by atoms with Crippen LogP contribution in [-0.4, -0.2) is 28.7 Å². The van der Waals surface area contributed by atoms with Gasteiger partial charge in [0.25, 0.3) is 0 Å². The fraction of sp³-hybridized carbons (Fsp3) is 0.829. The molecule has 0 saturated carbocycles. The molecule has 1 unspecified atom stereocenters. The van der Waals surface area contributed by atoms with Gasteiger partial charge in [-0.05, 0) is 33.6 Å². The Morgan fingerprint density at radius 1 is 0.825 bits per heavy atom. The van der Waals surface area contributed by atoms with Crippen molar-refractivity contribution in [1.29, 1.82) is 0 Å². The van der Waals surface area contributed by atoms with E-state index in [1.165, 1.54) is 103 Å². The zero-order valence-electron chi connectivity index (χ0n) is 27.9. The second kappa shape index (κ2) is 24.0. The van der Waals surface area contributed by atoms with Crippen LogP contribution in [0.5, 0.6) is 0 Å². The normalized spacial score (nSPS) is 17.7. The molecule has 3 N–H and O–H groups in total. The molecule has 0 aromatic heterocycles. The molecule has 0 bridgehead atoms. The lowest BCUT2D eigenvalue weighted by Crippen LogP contribution is -2.43. The molecular formula is C35H65NO4. The van der Waals surface area contributed by atoms with Gasteiger partial charge in [0.05, 0.1) is 5.41 Å². The van der Waals surface area contributed by atoms with Crippen molar-refractivity contribution in [3.05, 3.63) is 24.3 Å². The number of esters is 1. The van der Waals surface area contributed by atoms with Crippen LogP contribution >= 0.6 is 0 Å². The lowest BCUT2D eigenvalue weighted by Gasteiger charge is -2.33. The van der Waals surface area contributed by atoms with Crippen LogP contribution in [0.4, 0.5) is 0 Å². The smallest absolute Gasteiger partial charge is 0.320 e. The number of aliphatic carboxylic acids is 1. The van der Waals surface area contributed by atoms with E-state index in [1.807, 2.05) is 12.2 Å². The van der Waals surface area contributed by atoms with E-state index in [0.29, 0.717) is 6.42 Å². The summed E-state index contributed by atoms with van der Waals surface area (Å²) >= 11 is 0. The van der Waals surface area contributed by atoms with E-state index in [9.17, 15) is 9.59 Å². The van der Waals surface area contributed by atoms with Gasteiger partial charge >= 0.3 is 11.9 Å². The number of nitrogens with two attached hydrogens (primary N) is 1.